The number of hydrogen-bond acceptors (Lipinski definition) is 1. The largest absolute Gasteiger partial charge is 0.481 e. The SMILES string of the molecule is C=C(CC[C@H](CC)C(=O)O)C(C)C. The molecule has 0 unspecified atom stereocenters. The van der Waals surface area contributed by atoms with Crippen LogP contribution in [0.4, 0.5) is 0 Å². The fourth-order valence-corrected chi connectivity index (χ4v) is 1.15. The van der Waals surface area contributed by atoms with E-state index < -0.39 is 5.97 Å². The monoisotopic (exact) mass is 184 g/mol. The second kappa shape index (κ2) is 5.79. The molecule has 1 N–H and O–H groups in total. The summed E-state index contributed by atoms with van der Waals surface area (Å²) in [5.41, 5.74) is 1.15. The highest BCUT2D eigenvalue weighted by atomic mass is 16.4. The zero-order valence-electron chi connectivity index (χ0n) is 8.84. The predicted octanol–water partition coefficient (Wildman–Crippen LogP) is 3.09. The minimum absolute atomic E-state index is 0.199. The summed E-state index contributed by atoms with van der Waals surface area (Å²) in [5.74, 6) is -0.416. The molecule has 0 amide bonds. The molecule has 0 saturated carbocycles. The highest BCUT2D eigenvalue weighted by molar-refractivity contribution is 5.69. The van der Waals surface area contributed by atoms with Gasteiger partial charge in [0.1, 0.15) is 0 Å². The van der Waals surface area contributed by atoms with E-state index >= 15 is 0 Å². The van der Waals surface area contributed by atoms with Gasteiger partial charge in [-0.15, -0.1) is 0 Å². The average molecular weight is 184 g/mol. The van der Waals surface area contributed by atoms with Crippen molar-refractivity contribution in [1.29, 1.82) is 0 Å². The molecule has 0 aliphatic heterocycles. The first-order valence-corrected chi connectivity index (χ1v) is 4.89. The van der Waals surface area contributed by atoms with Crippen molar-refractivity contribution in [3.8, 4) is 0 Å². The van der Waals surface area contributed by atoms with Gasteiger partial charge < -0.3 is 5.11 Å². The van der Waals surface area contributed by atoms with Crippen LogP contribution in [-0.2, 0) is 4.79 Å². The molecular formula is C11H20O2. The lowest BCUT2D eigenvalue weighted by Crippen LogP contribution is -2.13. The van der Waals surface area contributed by atoms with Gasteiger partial charge in [0, 0.05) is 0 Å². The Labute approximate surface area is 80.7 Å². The van der Waals surface area contributed by atoms with Crippen molar-refractivity contribution in [2.75, 3.05) is 0 Å². The van der Waals surface area contributed by atoms with Gasteiger partial charge in [0.15, 0.2) is 0 Å². The molecule has 0 aliphatic carbocycles. The third-order valence-corrected chi connectivity index (χ3v) is 2.47. The van der Waals surface area contributed by atoms with Crippen LogP contribution in [0.3, 0.4) is 0 Å². The lowest BCUT2D eigenvalue weighted by Gasteiger charge is -2.12. The van der Waals surface area contributed by atoms with Crippen molar-refractivity contribution < 1.29 is 9.90 Å². The van der Waals surface area contributed by atoms with E-state index in [2.05, 4.69) is 20.4 Å². The molecule has 2 heteroatoms. The molecule has 0 bridgehead atoms. The van der Waals surface area contributed by atoms with E-state index in [1.54, 1.807) is 0 Å². The maximum absolute atomic E-state index is 10.7. The summed E-state index contributed by atoms with van der Waals surface area (Å²) in [5, 5.41) is 8.80. The molecule has 13 heavy (non-hydrogen) atoms. The molecule has 0 rings (SSSR count). The molecular weight excluding hydrogens is 164 g/mol. The Bertz CT molecular complexity index is 183. The summed E-state index contributed by atoms with van der Waals surface area (Å²) < 4.78 is 0. The second-order valence-electron chi connectivity index (χ2n) is 3.80. The number of rotatable bonds is 6. The number of aliphatic carboxylic acids is 1. The Morgan fingerprint density at radius 1 is 1.46 bits per heavy atom. The van der Waals surface area contributed by atoms with Crippen LogP contribution in [-0.4, -0.2) is 11.1 Å². The number of carboxylic acids is 1. The molecule has 0 aromatic carbocycles. The van der Waals surface area contributed by atoms with Crippen molar-refractivity contribution in [2.45, 2.75) is 40.0 Å². The third kappa shape index (κ3) is 4.71. The van der Waals surface area contributed by atoms with Gasteiger partial charge in [0.05, 0.1) is 5.92 Å². The summed E-state index contributed by atoms with van der Waals surface area (Å²) in [7, 11) is 0. The number of allylic oxidation sites excluding steroid dienone is 1. The highest BCUT2D eigenvalue weighted by Gasteiger charge is 2.15. The minimum Gasteiger partial charge on any atom is -0.481 e. The summed E-state index contributed by atoms with van der Waals surface area (Å²) >= 11 is 0. The van der Waals surface area contributed by atoms with Gasteiger partial charge in [-0.05, 0) is 25.2 Å². The van der Waals surface area contributed by atoms with Crippen LogP contribution in [0.2, 0.25) is 0 Å². The molecule has 2 nitrogen and oxygen atoms in total. The van der Waals surface area contributed by atoms with Crippen LogP contribution >= 0.6 is 0 Å². The molecule has 1 atom stereocenters. The summed E-state index contributed by atoms with van der Waals surface area (Å²) in [4.78, 5) is 10.7. The Kier molecular flexibility index (Phi) is 5.44. The zero-order valence-corrected chi connectivity index (χ0v) is 8.84. The normalized spacial score (nSPS) is 12.9. The number of carboxylic acid groups (broad SMARTS) is 1. The van der Waals surface area contributed by atoms with Crippen molar-refractivity contribution in [3.05, 3.63) is 12.2 Å². The van der Waals surface area contributed by atoms with Gasteiger partial charge in [0.2, 0.25) is 0 Å². The molecule has 0 fully saturated rings. The van der Waals surface area contributed by atoms with E-state index in [0.717, 1.165) is 18.4 Å². The molecule has 0 aliphatic rings. The first-order valence-electron chi connectivity index (χ1n) is 4.89. The van der Waals surface area contributed by atoms with Gasteiger partial charge in [-0.25, -0.2) is 0 Å². The third-order valence-electron chi connectivity index (χ3n) is 2.47. The molecule has 0 aromatic heterocycles. The zero-order chi connectivity index (χ0) is 10.4. The van der Waals surface area contributed by atoms with Crippen LogP contribution < -0.4 is 0 Å². The molecule has 76 valence electrons. The Morgan fingerprint density at radius 3 is 2.31 bits per heavy atom. The Balaban J connectivity index is 3.85. The molecule has 0 heterocycles. The van der Waals surface area contributed by atoms with E-state index in [9.17, 15) is 4.79 Å². The van der Waals surface area contributed by atoms with E-state index in [-0.39, 0.29) is 5.92 Å². The van der Waals surface area contributed by atoms with Crippen LogP contribution in [0.15, 0.2) is 12.2 Å². The standard InChI is InChI=1S/C11H20O2/c1-5-10(11(12)13)7-6-9(4)8(2)3/h8,10H,4-7H2,1-3H3,(H,12,13)/t10-/m0/s1. The van der Waals surface area contributed by atoms with Crippen molar-refractivity contribution >= 4 is 5.97 Å². The van der Waals surface area contributed by atoms with Crippen molar-refractivity contribution in [3.63, 3.8) is 0 Å². The average Bonchev–Trinajstić information content (AvgIpc) is 2.04. The summed E-state index contributed by atoms with van der Waals surface area (Å²) in [6, 6.07) is 0. The number of carbonyl (C=O) groups is 1. The minimum atomic E-state index is -0.681. The summed E-state index contributed by atoms with van der Waals surface area (Å²) in [6.07, 6.45) is 2.27. The highest BCUT2D eigenvalue weighted by Crippen LogP contribution is 2.19. The Morgan fingerprint density at radius 2 is 2.00 bits per heavy atom. The quantitative estimate of drug-likeness (QED) is 0.644. The van der Waals surface area contributed by atoms with Gasteiger partial charge in [-0.2, -0.15) is 0 Å². The van der Waals surface area contributed by atoms with Crippen LogP contribution in [0.1, 0.15) is 40.0 Å². The lowest BCUT2D eigenvalue weighted by atomic mass is 9.93. The second-order valence-corrected chi connectivity index (χ2v) is 3.80. The molecule has 0 radical (unpaired) electrons. The fraction of sp³-hybridized carbons (Fsp3) is 0.727. The van der Waals surface area contributed by atoms with Crippen LogP contribution in [0.5, 0.6) is 0 Å². The van der Waals surface area contributed by atoms with Crippen molar-refractivity contribution in [1.82, 2.24) is 0 Å². The van der Waals surface area contributed by atoms with Gasteiger partial charge in [-0.3, -0.25) is 4.79 Å². The predicted molar refractivity (Wildman–Crippen MR) is 54.6 cm³/mol. The van der Waals surface area contributed by atoms with Crippen LogP contribution in [0.25, 0.3) is 0 Å². The molecule has 0 spiro atoms. The summed E-state index contributed by atoms with van der Waals surface area (Å²) in [6.45, 7) is 10.0. The van der Waals surface area contributed by atoms with Crippen molar-refractivity contribution in [2.24, 2.45) is 11.8 Å². The van der Waals surface area contributed by atoms with Gasteiger partial charge >= 0.3 is 5.97 Å². The van der Waals surface area contributed by atoms with Gasteiger partial charge in [0.25, 0.3) is 0 Å². The number of hydrogen-bond donors (Lipinski definition) is 1. The first-order chi connectivity index (χ1) is 5.99. The van der Waals surface area contributed by atoms with E-state index in [1.165, 1.54) is 0 Å². The maximum atomic E-state index is 10.7. The Hall–Kier alpha value is -0.790. The maximum Gasteiger partial charge on any atom is 0.306 e. The first kappa shape index (κ1) is 12.2. The van der Waals surface area contributed by atoms with Gasteiger partial charge in [-0.1, -0.05) is 32.9 Å². The lowest BCUT2D eigenvalue weighted by molar-refractivity contribution is -0.142. The van der Waals surface area contributed by atoms with E-state index in [0.29, 0.717) is 12.3 Å². The molecule has 0 saturated heterocycles. The molecule has 0 aromatic rings. The van der Waals surface area contributed by atoms with Crippen LogP contribution in [0, 0.1) is 11.8 Å². The fourth-order valence-electron chi connectivity index (χ4n) is 1.15. The van der Waals surface area contributed by atoms with E-state index in [1.807, 2.05) is 6.92 Å². The smallest absolute Gasteiger partial charge is 0.306 e. The topological polar surface area (TPSA) is 37.3 Å². The van der Waals surface area contributed by atoms with E-state index in [4.69, 9.17) is 5.11 Å².